The molecular weight excluding hydrogens is 171 g/mol. The van der Waals surface area contributed by atoms with E-state index in [2.05, 4.69) is 0 Å². The van der Waals surface area contributed by atoms with Crippen molar-refractivity contribution >= 4 is 23.2 Å². The van der Waals surface area contributed by atoms with Crippen LogP contribution >= 0.6 is 23.2 Å². The number of rotatable bonds is 3. The first-order valence-electron chi connectivity index (χ1n) is 3.08. The van der Waals surface area contributed by atoms with Crippen molar-refractivity contribution in [3.8, 4) is 0 Å². The molecule has 0 saturated carbocycles. The monoisotopic (exact) mass is 184 g/mol. The highest BCUT2D eigenvalue weighted by Crippen LogP contribution is 2.13. The van der Waals surface area contributed by atoms with Crippen LogP contribution in [0.4, 0.5) is 0 Å². The molecule has 0 aliphatic carbocycles. The Kier molecular flexibility index (Phi) is 4.61. The van der Waals surface area contributed by atoms with E-state index in [1.807, 2.05) is 38.0 Å². The van der Waals surface area contributed by atoms with E-state index in [1.54, 1.807) is 0 Å². The lowest BCUT2D eigenvalue weighted by atomic mass is 10.5. The third-order valence-corrected chi connectivity index (χ3v) is 2.60. The SMILES string of the molecule is CN(C)C(Cl)C(Cl)N(C)C. The largest absolute Gasteiger partial charge is 0.291 e. The van der Waals surface area contributed by atoms with Crippen LogP contribution in [0.2, 0.25) is 0 Å². The third kappa shape index (κ3) is 3.06. The fourth-order valence-corrected chi connectivity index (χ4v) is 0.943. The van der Waals surface area contributed by atoms with Crippen LogP contribution in [0.5, 0.6) is 0 Å². The molecule has 62 valence electrons. The molecule has 0 rings (SSSR count). The number of hydrogen-bond donors (Lipinski definition) is 0. The van der Waals surface area contributed by atoms with Crippen LogP contribution in [0.3, 0.4) is 0 Å². The minimum absolute atomic E-state index is 0.142. The number of likely N-dealkylation sites (N-methyl/N-ethyl adjacent to an activating group) is 2. The molecule has 0 aliphatic rings. The summed E-state index contributed by atoms with van der Waals surface area (Å²) in [5.41, 5.74) is -0.284. The molecule has 0 heterocycles. The smallest absolute Gasteiger partial charge is 0.114 e. The molecule has 0 N–H and O–H groups in total. The molecule has 0 aromatic heterocycles. The molecule has 0 bridgehead atoms. The first-order chi connectivity index (χ1) is 4.46. The summed E-state index contributed by atoms with van der Waals surface area (Å²) in [5, 5.41) is 0. The first kappa shape index (κ1) is 10.5. The van der Waals surface area contributed by atoms with Crippen LogP contribution in [0.25, 0.3) is 0 Å². The van der Waals surface area contributed by atoms with Gasteiger partial charge in [-0.15, -0.1) is 23.2 Å². The molecular formula is C6H14Cl2N2. The second-order valence-corrected chi connectivity index (χ2v) is 3.57. The standard InChI is InChI=1S/C6H14Cl2N2/c1-9(2)5(7)6(8)10(3)4/h5-6H,1-4H3. The van der Waals surface area contributed by atoms with Gasteiger partial charge in [-0.05, 0) is 28.2 Å². The van der Waals surface area contributed by atoms with Crippen LogP contribution in [0.15, 0.2) is 0 Å². The van der Waals surface area contributed by atoms with E-state index in [4.69, 9.17) is 23.2 Å². The summed E-state index contributed by atoms with van der Waals surface area (Å²) in [6.07, 6.45) is 0. The summed E-state index contributed by atoms with van der Waals surface area (Å²) >= 11 is 11.8. The van der Waals surface area contributed by atoms with Crippen molar-refractivity contribution in [3.63, 3.8) is 0 Å². The van der Waals surface area contributed by atoms with E-state index < -0.39 is 0 Å². The Hall–Kier alpha value is 0.500. The molecule has 4 heteroatoms. The molecule has 2 atom stereocenters. The van der Waals surface area contributed by atoms with E-state index in [0.717, 1.165) is 0 Å². The molecule has 0 saturated heterocycles. The Morgan fingerprint density at radius 2 is 1.00 bits per heavy atom. The first-order valence-corrected chi connectivity index (χ1v) is 3.95. The number of halogens is 2. The Morgan fingerprint density at radius 1 is 0.800 bits per heavy atom. The second kappa shape index (κ2) is 4.39. The van der Waals surface area contributed by atoms with Gasteiger partial charge in [0.05, 0.1) is 0 Å². The van der Waals surface area contributed by atoms with Gasteiger partial charge in [0.1, 0.15) is 11.0 Å². The van der Waals surface area contributed by atoms with Gasteiger partial charge in [-0.1, -0.05) is 0 Å². The molecule has 0 spiro atoms. The van der Waals surface area contributed by atoms with E-state index >= 15 is 0 Å². The van der Waals surface area contributed by atoms with Gasteiger partial charge in [0, 0.05) is 0 Å². The zero-order valence-electron chi connectivity index (χ0n) is 6.81. The summed E-state index contributed by atoms with van der Waals surface area (Å²) in [7, 11) is 7.60. The van der Waals surface area contributed by atoms with Gasteiger partial charge in [0.25, 0.3) is 0 Å². The predicted molar refractivity (Wildman–Crippen MR) is 46.7 cm³/mol. The molecule has 0 fully saturated rings. The van der Waals surface area contributed by atoms with Crippen LogP contribution in [0.1, 0.15) is 0 Å². The van der Waals surface area contributed by atoms with Gasteiger partial charge in [0.2, 0.25) is 0 Å². The summed E-state index contributed by atoms with van der Waals surface area (Å²) in [6, 6.07) is 0. The Morgan fingerprint density at radius 3 is 1.10 bits per heavy atom. The number of alkyl halides is 2. The lowest BCUT2D eigenvalue weighted by Crippen LogP contribution is -2.39. The predicted octanol–water partition coefficient (Wildman–Crippen LogP) is 1.24. The Balaban J connectivity index is 3.81. The van der Waals surface area contributed by atoms with Crippen molar-refractivity contribution in [1.29, 1.82) is 0 Å². The van der Waals surface area contributed by atoms with Gasteiger partial charge >= 0.3 is 0 Å². The van der Waals surface area contributed by atoms with E-state index in [-0.39, 0.29) is 11.0 Å². The van der Waals surface area contributed by atoms with Crippen LogP contribution in [-0.2, 0) is 0 Å². The zero-order chi connectivity index (χ0) is 8.31. The Bertz CT molecular complexity index is 83.7. The minimum atomic E-state index is -0.142. The van der Waals surface area contributed by atoms with Crippen molar-refractivity contribution < 1.29 is 0 Å². The highest BCUT2D eigenvalue weighted by atomic mass is 35.5. The van der Waals surface area contributed by atoms with Crippen molar-refractivity contribution in [2.75, 3.05) is 28.2 Å². The number of nitrogens with zero attached hydrogens (tertiary/aromatic N) is 2. The Labute approximate surface area is 72.7 Å². The van der Waals surface area contributed by atoms with Crippen LogP contribution < -0.4 is 0 Å². The van der Waals surface area contributed by atoms with Gasteiger partial charge in [-0.3, -0.25) is 9.80 Å². The molecule has 2 nitrogen and oxygen atoms in total. The van der Waals surface area contributed by atoms with E-state index in [9.17, 15) is 0 Å². The van der Waals surface area contributed by atoms with Gasteiger partial charge in [-0.25, -0.2) is 0 Å². The lowest BCUT2D eigenvalue weighted by Gasteiger charge is -2.27. The summed E-state index contributed by atoms with van der Waals surface area (Å²) in [6.45, 7) is 0. The van der Waals surface area contributed by atoms with Gasteiger partial charge in [-0.2, -0.15) is 0 Å². The molecule has 2 unspecified atom stereocenters. The highest BCUT2D eigenvalue weighted by Gasteiger charge is 2.19. The fourth-order valence-electron chi connectivity index (χ4n) is 0.492. The average Bonchev–Trinajstić information content (AvgIpc) is 1.84. The third-order valence-electron chi connectivity index (χ3n) is 1.21. The van der Waals surface area contributed by atoms with E-state index in [1.165, 1.54) is 0 Å². The van der Waals surface area contributed by atoms with Crippen molar-refractivity contribution in [2.24, 2.45) is 0 Å². The molecule has 0 aliphatic heterocycles. The maximum Gasteiger partial charge on any atom is 0.114 e. The minimum Gasteiger partial charge on any atom is -0.291 e. The van der Waals surface area contributed by atoms with Crippen molar-refractivity contribution in [2.45, 2.75) is 11.0 Å². The van der Waals surface area contributed by atoms with Gasteiger partial charge in [0.15, 0.2) is 0 Å². The molecule has 0 radical (unpaired) electrons. The lowest BCUT2D eigenvalue weighted by molar-refractivity contribution is 0.263. The normalized spacial score (nSPS) is 18.0. The topological polar surface area (TPSA) is 6.48 Å². The summed E-state index contributed by atoms with van der Waals surface area (Å²) in [5.74, 6) is 0. The molecule has 0 amide bonds. The summed E-state index contributed by atoms with van der Waals surface area (Å²) < 4.78 is 0. The summed E-state index contributed by atoms with van der Waals surface area (Å²) in [4.78, 5) is 3.75. The van der Waals surface area contributed by atoms with Gasteiger partial charge < -0.3 is 0 Å². The van der Waals surface area contributed by atoms with Crippen LogP contribution in [-0.4, -0.2) is 49.0 Å². The second-order valence-electron chi connectivity index (χ2n) is 2.67. The molecule has 0 aromatic rings. The fraction of sp³-hybridized carbons (Fsp3) is 1.00. The molecule has 10 heavy (non-hydrogen) atoms. The zero-order valence-corrected chi connectivity index (χ0v) is 8.32. The maximum atomic E-state index is 5.91. The van der Waals surface area contributed by atoms with Crippen LogP contribution in [0, 0.1) is 0 Å². The maximum absolute atomic E-state index is 5.91. The van der Waals surface area contributed by atoms with Crippen molar-refractivity contribution in [3.05, 3.63) is 0 Å². The average molecular weight is 185 g/mol. The van der Waals surface area contributed by atoms with E-state index in [0.29, 0.717) is 0 Å². The number of hydrogen-bond acceptors (Lipinski definition) is 2. The highest BCUT2D eigenvalue weighted by molar-refractivity contribution is 6.29. The quantitative estimate of drug-likeness (QED) is 0.482. The molecule has 0 aromatic carbocycles. The van der Waals surface area contributed by atoms with Crippen molar-refractivity contribution in [1.82, 2.24) is 9.80 Å².